The van der Waals surface area contributed by atoms with Crippen LogP contribution in [-0.4, -0.2) is 56.9 Å². The number of imidazole rings is 1. The monoisotopic (exact) mass is 434 g/mol. The van der Waals surface area contributed by atoms with Crippen molar-refractivity contribution in [1.29, 1.82) is 0 Å². The first kappa shape index (κ1) is 21.5. The number of likely N-dealkylation sites (tertiary alicyclic amines) is 1. The van der Waals surface area contributed by atoms with Gasteiger partial charge in [0.05, 0.1) is 22.9 Å². The number of rotatable bonds is 7. The topological polar surface area (TPSA) is 105 Å². The molecule has 0 saturated carbocycles. The Balaban J connectivity index is 1.24. The number of Topliss-reactive ketones (excluding diaryl/α,β-unsaturated/α-hetero) is 1. The molecule has 32 heavy (non-hydrogen) atoms. The molecule has 1 amide bonds. The standard InChI is InChI=1S/C24H26N4O4/c1-27-15-26-20-14-18(4-7-21(20)27)23(30)16-9-12-28(13-10-16)22(29)8-11-25-19-5-2-17(3-6-19)24(31)32/h2-7,14-16,25H,8-13H2,1H3,(H,31,32). The first-order valence-corrected chi connectivity index (χ1v) is 10.7. The van der Waals surface area contributed by atoms with Gasteiger partial charge in [0.1, 0.15) is 0 Å². The lowest BCUT2D eigenvalue weighted by Gasteiger charge is -2.31. The first-order chi connectivity index (χ1) is 15.4. The van der Waals surface area contributed by atoms with Crippen LogP contribution in [0.15, 0.2) is 48.8 Å². The summed E-state index contributed by atoms with van der Waals surface area (Å²) in [5.41, 5.74) is 3.49. The van der Waals surface area contributed by atoms with E-state index in [1.54, 1.807) is 18.5 Å². The number of nitrogens with zero attached hydrogens (tertiary/aromatic N) is 3. The van der Waals surface area contributed by atoms with Gasteiger partial charge in [-0.2, -0.15) is 0 Å². The van der Waals surface area contributed by atoms with Gasteiger partial charge in [0, 0.05) is 50.3 Å². The molecular weight excluding hydrogens is 408 g/mol. The van der Waals surface area contributed by atoms with E-state index in [9.17, 15) is 14.4 Å². The van der Waals surface area contributed by atoms with Gasteiger partial charge in [0.25, 0.3) is 0 Å². The molecule has 0 atom stereocenters. The summed E-state index contributed by atoms with van der Waals surface area (Å²) in [6, 6.07) is 12.1. The molecule has 3 aromatic rings. The molecule has 2 heterocycles. The van der Waals surface area contributed by atoms with E-state index < -0.39 is 5.97 Å². The summed E-state index contributed by atoms with van der Waals surface area (Å²) in [5.74, 6) is -0.867. The first-order valence-electron chi connectivity index (χ1n) is 10.7. The van der Waals surface area contributed by atoms with Crippen molar-refractivity contribution in [2.75, 3.05) is 25.0 Å². The summed E-state index contributed by atoms with van der Waals surface area (Å²) >= 11 is 0. The second-order valence-corrected chi connectivity index (χ2v) is 8.14. The number of benzene rings is 2. The lowest BCUT2D eigenvalue weighted by atomic mass is 9.88. The number of carbonyl (C=O) groups excluding carboxylic acids is 2. The largest absolute Gasteiger partial charge is 0.478 e. The van der Waals surface area contributed by atoms with Crippen molar-refractivity contribution in [3.8, 4) is 0 Å². The SMILES string of the molecule is Cn1cnc2cc(C(=O)C3CCN(C(=O)CCNc4ccc(C(=O)O)cc4)CC3)ccc21. The van der Waals surface area contributed by atoms with Gasteiger partial charge >= 0.3 is 5.97 Å². The maximum Gasteiger partial charge on any atom is 0.335 e. The second kappa shape index (κ2) is 9.21. The van der Waals surface area contributed by atoms with E-state index in [2.05, 4.69) is 10.3 Å². The zero-order valence-electron chi connectivity index (χ0n) is 18.0. The number of aryl methyl sites for hydroxylation is 1. The number of nitrogens with one attached hydrogen (secondary N) is 1. The number of anilines is 1. The van der Waals surface area contributed by atoms with E-state index in [4.69, 9.17) is 5.11 Å². The smallest absolute Gasteiger partial charge is 0.335 e. The van der Waals surface area contributed by atoms with Crippen LogP contribution in [0.3, 0.4) is 0 Å². The molecule has 1 aromatic heterocycles. The van der Waals surface area contributed by atoms with Crippen molar-refractivity contribution < 1.29 is 19.5 Å². The molecule has 0 unspecified atom stereocenters. The van der Waals surface area contributed by atoms with Crippen LogP contribution in [0.25, 0.3) is 11.0 Å². The number of hydrogen-bond acceptors (Lipinski definition) is 5. The molecular formula is C24H26N4O4. The summed E-state index contributed by atoms with van der Waals surface area (Å²) in [6.45, 7) is 1.62. The lowest BCUT2D eigenvalue weighted by molar-refractivity contribution is -0.132. The Bertz CT molecular complexity index is 1140. The zero-order valence-corrected chi connectivity index (χ0v) is 18.0. The van der Waals surface area contributed by atoms with E-state index in [1.807, 2.05) is 34.7 Å². The highest BCUT2D eigenvalue weighted by atomic mass is 16.4. The minimum absolute atomic E-state index is 0.0560. The summed E-state index contributed by atoms with van der Waals surface area (Å²) in [5, 5.41) is 12.1. The third kappa shape index (κ3) is 4.64. The van der Waals surface area contributed by atoms with E-state index in [1.165, 1.54) is 12.1 Å². The number of piperidine rings is 1. The van der Waals surface area contributed by atoms with Crippen LogP contribution in [0.4, 0.5) is 5.69 Å². The number of fused-ring (bicyclic) bond motifs is 1. The van der Waals surface area contributed by atoms with Crippen LogP contribution in [0.1, 0.15) is 40.0 Å². The Labute approximate surface area is 185 Å². The van der Waals surface area contributed by atoms with Gasteiger partial charge in [-0.15, -0.1) is 0 Å². The number of aromatic carboxylic acids is 1. The van der Waals surface area contributed by atoms with Crippen LogP contribution in [0, 0.1) is 5.92 Å². The van der Waals surface area contributed by atoms with E-state index in [0.29, 0.717) is 44.5 Å². The Morgan fingerprint density at radius 3 is 2.44 bits per heavy atom. The molecule has 0 radical (unpaired) electrons. The molecule has 4 rings (SSSR count). The lowest BCUT2D eigenvalue weighted by Crippen LogP contribution is -2.40. The second-order valence-electron chi connectivity index (χ2n) is 8.14. The predicted octanol–water partition coefficient (Wildman–Crippen LogP) is 3.20. The highest BCUT2D eigenvalue weighted by Crippen LogP contribution is 2.24. The number of carbonyl (C=O) groups is 3. The van der Waals surface area contributed by atoms with Crippen LogP contribution >= 0.6 is 0 Å². The van der Waals surface area contributed by atoms with Gasteiger partial charge in [0.2, 0.25) is 5.91 Å². The van der Waals surface area contributed by atoms with E-state index in [-0.39, 0.29) is 23.2 Å². The number of carboxylic acids is 1. The van der Waals surface area contributed by atoms with Gasteiger partial charge < -0.3 is 19.9 Å². The van der Waals surface area contributed by atoms with Crippen LogP contribution in [-0.2, 0) is 11.8 Å². The van der Waals surface area contributed by atoms with Crippen molar-refractivity contribution >= 4 is 34.4 Å². The Kier molecular flexibility index (Phi) is 6.20. The molecule has 0 aliphatic carbocycles. The van der Waals surface area contributed by atoms with Gasteiger partial charge in [-0.25, -0.2) is 9.78 Å². The quantitative estimate of drug-likeness (QED) is 0.554. The van der Waals surface area contributed by atoms with Crippen LogP contribution < -0.4 is 5.32 Å². The number of ketones is 1. The van der Waals surface area contributed by atoms with Gasteiger partial charge in [-0.1, -0.05) is 0 Å². The number of carboxylic acid groups (broad SMARTS) is 1. The minimum Gasteiger partial charge on any atom is -0.478 e. The fraction of sp³-hybridized carbons (Fsp3) is 0.333. The van der Waals surface area contributed by atoms with Gasteiger partial charge in [-0.3, -0.25) is 9.59 Å². The average molecular weight is 434 g/mol. The molecule has 8 nitrogen and oxygen atoms in total. The minimum atomic E-state index is -0.967. The summed E-state index contributed by atoms with van der Waals surface area (Å²) in [6.07, 6.45) is 3.41. The molecule has 2 N–H and O–H groups in total. The van der Waals surface area contributed by atoms with Gasteiger partial charge in [-0.05, 0) is 55.3 Å². The molecule has 1 aliphatic heterocycles. The number of aromatic nitrogens is 2. The fourth-order valence-electron chi connectivity index (χ4n) is 4.12. The molecule has 0 spiro atoms. The highest BCUT2D eigenvalue weighted by Gasteiger charge is 2.28. The molecule has 8 heteroatoms. The van der Waals surface area contributed by atoms with Gasteiger partial charge in [0.15, 0.2) is 5.78 Å². The van der Waals surface area contributed by atoms with Crippen LogP contribution in [0.5, 0.6) is 0 Å². The Morgan fingerprint density at radius 1 is 1.06 bits per heavy atom. The maximum absolute atomic E-state index is 12.9. The van der Waals surface area contributed by atoms with Crippen molar-refractivity contribution in [3.63, 3.8) is 0 Å². The summed E-state index contributed by atoms with van der Waals surface area (Å²) in [7, 11) is 1.92. The average Bonchev–Trinajstić information content (AvgIpc) is 3.19. The maximum atomic E-state index is 12.9. The van der Waals surface area contributed by atoms with Crippen molar-refractivity contribution in [1.82, 2.24) is 14.5 Å². The van der Waals surface area contributed by atoms with E-state index >= 15 is 0 Å². The van der Waals surface area contributed by atoms with E-state index in [0.717, 1.165) is 16.7 Å². The van der Waals surface area contributed by atoms with Crippen LogP contribution in [0.2, 0.25) is 0 Å². The molecule has 1 aliphatic rings. The third-order valence-corrected chi connectivity index (χ3v) is 6.03. The number of hydrogen-bond donors (Lipinski definition) is 2. The molecule has 166 valence electrons. The molecule has 1 fully saturated rings. The predicted molar refractivity (Wildman–Crippen MR) is 121 cm³/mol. The Hall–Kier alpha value is -3.68. The molecule has 0 bridgehead atoms. The molecule has 2 aromatic carbocycles. The summed E-state index contributed by atoms with van der Waals surface area (Å²) in [4.78, 5) is 42.5. The Morgan fingerprint density at radius 2 is 1.75 bits per heavy atom. The zero-order chi connectivity index (χ0) is 22.7. The normalized spacial score (nSPS) is 14.5. The molecule has 1 saturated heterocycles. The summed E-state index contributed by atoms with van der Waals surface area (Å²) < 4.78 is 1.92. The number of amides is 1. The highest BCUT2D eigenvalue weighted by molar-refractivity contribution is 6.00. The van der Waals surface area contributed by atoms with Crippen molar-refractivity contribution in [2.24, 2.45) is 13.0 Å². The third-order valence-electron chi connectivity index (χ3n) is 6.03. The van der Waals surface area contributed by atoms with Crippen molar-refractivity contribution in [3.05, 3.63) is 59.9 Å². The fourth-order valence-corrected chi connectivity index (χ4v) is 4.12. The van der Waals surface area contributed by atoms with Crippen molar-refractivity contribution in [2.45, 2.75) is 19.3 Å².